The third kappa shape index (κ3) is 4.52. The lowest BCUT2D eigenvalue weighted by atomic mass is 9.95. The summed E-state index contributed by atoms with van der Waals surface area (Å²) in [4.78, 5) is 11.5. The van der Waals surface area contributed by atoms with Crippen LogP contribution in [0.1, 0.15) is 39.8 Å². The largest absolute Gasteiger partial charge is 0.480 e. The van der Waals surface area contributed by atoms with Crippen LogP contribution in [0, 0.1) is 6.92 Å². The third-order valence-corrected chi connectivity index (χ3v) is 4.25. The number of carboxylic acid groups (broad SMARTS) is 1. The van der Waals surface area contributed by atoms with Crippen LogP contribution < -0.4 is 5.32 Å². The summed E-state index contributed by atoms with van der Waals surface area (Å²) in [5, 5.41) is 18.2. The first-order chi connectivity index (χ1) is 9.14. The van der Waals surface area contributed by atoms with E-state index in [4.69, 9.17) is 0 Å². The van der Waals surface area contributed by atoms with E-state index in [2.05, 4.69) is 17.3 Å². The van der Waals surface area contributed by atoms with Gasteiger partial charge in [-0.05, 0) is 40.2 Å². The molecule has 5 nitrogen and oxygen atoms in total. The lowest BCUT2D eigenvalue weighted by Crippen LogP contribution is -2.53. The molecule has 1 heterocycles. The summed E-state index contributed by atoms with van der Waals surface area (Å²) in [6.45, 7) is 9.68. The Balaban J connectivity index is 2.74. The van der Waals surface area contributed by atoms with Gasteiger partial charge in [0.1, 0.15) is 5.54 Å². The Labute approximate surface area is 125 Å². The molecule has 0 spiro atoms. The molecule has 0 saturated carbocycles. The van der Waals surface area contributed by atoms with E-state index in [1.165, 1.54) is 0 Å². The van der Waals surface area contributed by atoms with E-state index >= 15 is 0 Å². The summed E-state index contributed by atoms with van der Waals surface area (Å²) in [5.74, 6) is -0.806. The molecule has 114 valence electrons. The number of rotatable bonds is 7. The normalized spacial score (nSPS) is 16.1. The van der Waals surface area contributed by atoms with Crippen molar-refractivity contribution in [2.45, 2.75) is 62.9 Å². The van der Waals surface area contributed by atoms with Crippen LogP contribution in [-0.2, 0) is 11.8 Å². The zero-order valence-electron chi connectivity index (χ0n) is 13.1. The standard InChI is InChI=1S/C14H25N3O2S/c1-9(2)15-14(5,13(18)19)8-11(4)20-12-7-10(3)16-17(12)6/h7,9,11,15H,8H2,1-6H3,(H,18,19). The van der Waals surface area contributed by atoms with Crippen LogP contribution in [-0.4, -0.2) is 37.7 Å². The van der Waals surface area contributed by atoms with Gasteiger partial charge in [0.05, 0.1) is 10.7 Å². The Morgan fingerprint density at radius 1 is 1.55 bits per heavy atom. The molecular weight excluding hydrogens is 274 g/mol. The van der Waals surface area contributed by atoms with Crippen molar-refractivity contribution in [3.05, 3.63) is 11.8 Å². The van der Waals surface area contributed by atoms with Crippen LogP contribution in [0.3, 0.4) is 0 Å². The van der Waals surface area contributed by atoms with Crippen molar-refractivity contribution in [3.63, 3.8) is 0 Å². The second kappa shape index (κ2) is 6.63. The molecule has 2 atom stereocenters. The van der Waals surface area contributed by atoms with Gasteiger partial charge in [0.2, 0.25) is 0 Å². The van der Waals surface area contributed by atoms with Crippen LogP contribution in [0.4, 0.5) is 0 Å². The van der Waals surface area contributed by atoms with E-state index < -0.39 is 11.5 Å². The van der Waals surface area contributed by atoms with Crippen molar-refractivity contribution in [3.8, 4) is 0 Å². The molecule has 0 bridgehead atoms. The smallest absolute Gasteiger partial charge is 0.323 e. The average Bonchev–Trinajstić information content (AvgIpc) is 2.55. The molecule has 6 heteroatoms. The Kier molecular flexibility index (Phi) is 5.65. The molecule has 2 N–H and O–H groups in total. The molecule has 1 aromatic heterocycles. The van der Waals surface area contributed by atoms with E-state index in [-0.39, 0.29) is 11.3 Å². The Morgan fingerprint density at radius 3 is 2.55 bits per heavy atom. The fourth-order valence-corrected chi connectivity index (χ4v) is 3.63. The van der Waals surface area contributed by atoms with Gasteiger partial charge >= 0.3 is 5.97 Å². The number of aromatic nitrogens is 2. The third-order valence-electron chi connectivity index (χ3n) is 3.06. The molecule has 0 fully saturated rings. The zero-order valence-corrected chi connectivity index (χ0v) is 13.9. The number of hydrogen-bond donors (Lipinski definition) is 2. The lowest BCUT2D eigenvalue weighted by molar-refractivity contribution is -0.144. The fourth-order valence-electron chi connectivity index (χ4n) is 2.36. The SMILES string of the molecule is Cc1cc(SC(C)CC(C)(NC(C)C)C(=O)O)n(C)n1. The lowest BCUT2D eigenvalue weighted by Gasteiger charge is -2.31. The van der Waals surface area contributed by atoms with Crippen molar-refractivity contribution in [2.75, 3.05) is 0 Å². The van der Waals surface area contributed by atoms with Gasteiger partial charge in [0.15, 0.2) is 0 Å². The molecule has 0 amide bonds. The molecule has 0 aliphatic heterocycles. The van der Waals surface area contributed by atoms with Gasteiger partial charge in [-0.25, -0.2) is 0 Å². The molecule has 1 rings (SSSR count). The highest BCUT2D eigenvalue weighted by Gasteiger charge is 2.35. The van der Waals surface area contributed by atoms with Crippen LogP contribution in [0.15, 0.2) is 11.1 Å². The number of carbonyl (C=O) groups is 1. The van der Waals surface area contributed by atoms with Crippen LogP contribution >= 0.6 is 11.8 Å². The van der Waals surface area contributed by atoms with Crippen molar-refractivity contribution in [2.24, 2.45) is 7.05 Å². The minimum Gasteiger partial charge on any atom is -0.480 e. The fraction of sp³-hybridized carbons (Fsp3) is 0.714. The first-order valence-electron chi connectivity index (χ1n) is 6.82. The number of carboxylic acids is 1. The maximum atomic E-state index is 11.5. The van der Waals surface area contributed by atoms with Gasteiger partial charge in [-0.3, -0.25) is 14.8 Å². The molecule has 2 unspecified atom stereocenters. The van der Waals surface area contributed by atoms with Crippen LogP contribution in [0.25, 0.3) is 0 Å². The Hall–Kier alpha value is -1.01. The Morgan fingerprint density at radius 2 is 2.15 bits per heavy atom. The number of aliphatic carboxylic acids is 1. The minimum absolute atomic E-state index is 0.132. The predicted molar refractivity (Wildman–Crippen MR) is 82.2 cm³/mol. The molecule has 0 radical (unpaired) electrons. The maximum absolute atomic E-state index is 11.5. The summed E-state index contributed by atoms with van der Waals surface area (Å²) < 4.78 is 1.84. The van der Waals surface area contributed by atoms with E-state index in [1.807, 2.05) is 38.6 Å². The quantitative estimate of drug-likeness (QED) is 0.757. The van der Waals surface area contributed by atoms with E-state index in [9.17, 15) is 9.90 Å². The van der Waals surface area contributed by atoms with E-state index in [0.29, 0.717) is 6.42 Å². The van der Waals surface area contributed by atoms with Gasteiger partial charge in [-0.2, -0.15) is 5.10 Å². The topological polar surface area (TPSA) is 67.2 Å². The van der Waals surface area contributed by atoms with Crippen molar-refractivity contribution >= 4 is 17.7 Å². The van der Waals surface area contributed by atoms with Crippen LogP contribution in [0.5, 0.6) is 0 Å². The molecule has 0 aromatic carbocycles. The van der Waals surface area contributed by atoms with Gasteiger partial charge in [-0.15, -0.1) is 11.8 Å². The minimum atomic E-state index is -0.909. The van der Waals surface area contributed by atoms with Gasteiger partial charge in [0.25, 0.3) is 0 Å². The number of hydrogen-bond acceptors (Lipinski definition) is 4. The highest BCUT2D eigenvalue weighted by atomic mass is 32.2. The van der Waals surface area contributed by atoms with Crippen molar-refractivity contribution in [1.29, 1.82) is 0 Å². The van der Waals surface area contributed by atoms with E-state index in [0.717, 1.165) is 10.7 Å². The first kappa shape index (κ1) is 17.0. The number of nitrogens with zero attached hydrogens (tertiary/aromatic N) is 2. The predicted octanol–water partition coefficient (Wildman–Crippen LogP) is 2.44. The van der Waals surface area contributed by atoms with Gasteiger partial charge in [-0.1, -0.05) is 6.92 Å². The molecule has 0 aliphatic rings. The van der Waals surface area contributed by atoms with Crippen molar-refractivity contribution in [1.82, 2.24) is 15.1 Å². The number of thioether (sulfide) groups is 1. The molecule has 0 aliphatic carbocycles. The second-order valence-corrected chi connectivity index (χ2v) is 7.28. The summed E-state index contributed by atoms with van der Waals surface area (Å²) in [7, 11) is 1.91. The second-order valence-electron chi connectivity index (χ2n) is 5.82. The maximum Gasteiger partial charge on any atom is 0.323 e. The summed E-state index contributed by atoms with van der Waals surface area (Å²) in [6, 6.07) is 2.15. The highest BCUT2D eigenvalue weighted by Crippen LogP contribution is 2.29. The van der Waals surface area contributed by atoms with Gasteiger partial charge in [0, 0.05) is 18.3 Å². The van der Waals surface area contributed by atoms with Crippen molar-refractivity contribution < 1.29 is 9.90 Å². The zero-order chi connectivity index (χ0) is 15.5. The summed E-state index contributed by atoms with van der Waals surface area (Å²) >= 11 is 1.66. The molecule has 20 heavy (non-hydrogen) atoms. The van der Waals surface area contributed by atoms with Crippen LogP contribution in [0.2, 0.25) is 0 Å². The first-order valence-corrected chi connectivity index (χ1v) is 7.70. The number of aryl methyl sites for hydroxylation is 2. The summed E-state index contributed by atoms with van der Waals surface area (Å²) in [5.41, 5.74) is 0.0670. The average molecular weight is 299 g/mol. The molecule has 0 saturated heterocycles. The summed E-state index contributed by atoms with van der Waals surface area (Å²) in [6.07, 6.45) is 0.551. The number of nitrogens with one attached hydrogen (secondary N) is 1. The Bertz CT molecular complexity index is 473. The van der Waals surface area contributed by atoms with Gasteiger partial charge < -0.3 is 5.11 Å². The molecular formula is C14H25N3O2S. The highest BCUT2D eigenvalue weighted by molar-refractivity contribution is 7.99. The van der Waals surface area contributed by atoms with E-state index in [1.54, 1.807) is 18.7 Å². The monoisotopic (exact) mass is 299 g/mol. The molecule has 1 aromatic rings.